The molecule has 4 aromatic rings. The summed E-state index contributed by atoms with van der Waals surface area (Å²) in [5.74, 6) is 0.132. The van der Waals surface area contributed by atoms with Crippen LogP contribution in [0.15, 0.2) is 53.7 Å². The molecule has 2 heterocycles. The number of hydrogen-bond donors (Lipinski definition) is 2. The summed E-state index contributed by atoms with van der Waals surface area (Å²) in [6.45, 7) is 2.08. The predicted octanol–water partition coefficient (Wildman–Crippen LogP) is 3.80. The van der Waals surface area contributed by atoms with Crippen molar-refractivity contribution in [3.05, 3.63) is 54.1 Å². The largest absolute Gasteiger partial charge is 0.338 e. The Bertz CT molecular complexity index is 1090. The molecule has 2 aromatic carbocycles. The Kier molecular flexibility index (Phi) is 4.53. The molecule has 2 N–H and O–H groups in total. The highest BCUT2D eigenvalue weighted by Gasteiger charge is 2.11. The highest BCUT2D eigenvalue weighted by Crippen LogP contribution is 2.23. The third kappa shape index (κ3) is 3.39. The molecule has 2 aromatic heterocycles. The number of benzene rings is 2. The van der Waals surface area contributed by atoms with Crippen LogP contribution in [0.4, 0.5) is 5.69 Å². The zero-order chi connectivity index (χ0) is 17.9. The summed E-state index contributed by atoms with van der Waals surface area (Å²) in [5, 5.41) is 12.8. The lowest BCUT2D eigenvalue weighted by Crippen LogP contribution is -2.14. The molecule has 0 saturated carbocycles. The molecule has 0 aliphatic heterocycles. The van der Waals surface area contributed by atoms with Crippen molar-refractivity contribution < 1.29 is 4.79 Å². The number of anilines is 1. The fourth-order valence-corrected chi connectivity index (χ4v) is 3.35. The molecule has 0 unspecified atom stereocenters. The van der Waals surface area contributed by atoms with E-state index in [1.54, 1.807) is 0 Å². The lowest BCUT2D eigenvalue weighted by Gasteiger charge is -2.06. The molecule has 4 rings (SSSR count). The molecule has 0 saturated heterocycles. The maximum absolute atomic E-state index is 12.2. The van der Waals surface area contributed by atoms with Gasteiger partial charge in [-0.3, -0.25) is 4.79 Å². The van der Waals surface area contributed by atoms with Gasteiger partial charge in [-0.1, -0.05) is 49.0 Å². The summed E-state index contributed by atoms with van der Waals surface area (Å²) in [4.78, 5) is 19.9. The van der Waals surface area contributed by atoms with Gasteiger partial charge in [-0.15, -0.1) is 10.2 Å². The van der Waals surface area contributed by atoms with E-state index in [0.717, 1.165) is 28.5 Å². The third-order valence-corrected chi connectivity index (χ3v) is 4.89. The van der Waals surface area contributed by atoms with Gasteiger partial charge < -0.3 is 10.3 Å². The van der Waals surface area contributed by atoms with Gasteiger partial charge in [0.25, 0.3) is 0 Å². The second-order valence-electron chi connectivity index (χ2n) is 5.85. The molecular formula is C19H17N5OS. The van der Waals surface area contributed by atoms with Crippen LogP contribution in [0.5, 0.6) is 0 Å². The number of nitrogens with one attached hydrogen (secondary N) is 2. The van der Waals surface area contributed by atoms with Crippen molar-refractivity contribution in [1.82, 2.24) is 20.2 Å². The van der Waals surface area contributed by atoms with Gasteiger partial charge in [-0.05, 0) is 30.2 Å². The minimum Gasteiger partial charge on any atom is -0.338 e. The van der Waals surface area contributed by atoms with E-state index < -0.39 is 0 Å². The van der Waals surface area contributed by atoms with E-state index in [4.69, 9.17) is 0 Å². The van der Waals surface area contributed by atoms with Crippen LogP contribution in [-0.2, 0) is 11.2 Å². The molecule has 0 aliphatic carbocycles. The van der Waals surface area contributed by atoms with Crippen molar-refractivity contribution in [3.8, 4) is 0 Å². The third-order valence-electron chi connectivity index (χ3n) is 4.05. The summed E-state index contributed by atoms with van der Waals surface area (Å²) in [5.41, 5.74) is 4.39. The predicted molar refractivity (Wildman–Crippen MR) is 104 cm³/mol. The van der Waals surface area contributed by atoms with Crippen LogP contribution < -0.4 is 5.32 Å². The molecule has 7 heteroatoms. The van der Waals surface area contributed by atoms with Crippen LogP contribution >= 0.6 is 11.8 Å². The number of thioether (sulfide) groups is 1. The first-order valence-electron chi connectivity index (χ1n) is 8.35. The number of H-pyrrole nitrogens is 1. The fraction of sp³-hybridized carbons (Fsp3) is 0.158. The van der Waals surface area contributed by atoms with Gasteiger partial charge >= 0.3 is 0 Å². The summed E-state index contributed by atoms with van der Waals surface area (Å²) in [6.07, 6.45) is 0.933. The Hall–Kier alpha value is -2.93. The normalized spacial score (nSPS) is 11.1. The second-order valence-corrected chi connectivity index (χ2v) is 6.80. The van der Waals surface area contributed by atoms with Gasteiger partial charge in [0.15, 0.2) is 5.65 Å². The Labute approximate surface area is 154 Å². The van der Waals surface area contributed by atoms with Crippen LogP contribution in [0.25, 0.3) is 22.1 Å². The van der Waals surface area contributed by atoms with E-state index in [1.807, 2.05) is 48.5 Å². The van der Waals surface area contributed by atoms with Gasteiger partial charge in [0.05, 0.1) is 5.75 Å². The molecule has 6 nitrogen and oxygen atoms in total. The molecular weight excluding hydrogens is 346 g/mol. The van der Waals surface area contributed by atoms with E-state index in [1.165, 1.54) is 17.3 Å². The monoisotopic (exact) mass is 363 g/mol. The Morgan fingerprint density at radius 3 is 2.92 bits per heavy atom. The van der Waals surface area contributed by atoms with E-state index in [9.17, 15) is 4.79 Å². The van der Waals surface area contributed by atoms with Gasteiger partial charge in [-0.2, -0.15) is 0 Å². The number of carbonyl (C=O) groups is 1. The number of amides is 1. The molecule has 0 spiro atoms. The number of aromatic amines is 1. The average Bonchev–Trinajstić information content (AvgIpc) is 3.04. The molecule has 0 radical (unpaired) electrons. The maximum atomic E-state index is 12.2. The van der Waals surface area contributed by atoms with Crippen molar-refractivity contribution in [1.29, 1.82) is 0 Å². The first-order valence-corrected chi connectivity index (χ1v) is 9.34. The zero-order valence-corrected chi connectivity index (χ0v) is 15.0. The quantitative estimate of drug-likeness (QED) is 0.527. The number of hydrogen-bond acceptors (Lipinski definition) is 5. The van der Waals surface area contributed by atoms with E-state index in [2.05, 4.69) is 32.4 Å². The van der Waals surface area contributed by atoms with Crippen molar-refractivity contribution in [3.63, 3.8) is 0 Å². The maximum Gasteiger partial charge on any atom is 0.234 e. The first-order chi connectivity index (χ1) is 12.7. The van der Waals surface area contributed by atoms with Crippen molar-refractivity contribution in [2.24, 2.45) is 0 Å². The molecule has 0 fully saturated rings. The highest BCUT2D eigenvalue weighted by atomic mass is 32.2. The number of para-hydroxylation sites is 1. The van der Waals surface area contributed by atoms with E-state index >= 15 is 0 Å². The van der Waals surface area contributed by atoms with Crippen LogP contribution in [0.2, 0.25) is 0 Å². The zero-order valence-electron chi connectivity index (χ0n) is 14.2. The lowest BCUT2D eigenvalue weighted by atomic mass is 10.1. The molecule has 0 bridgehead atoms. The smallest absolute Gasteiger partial charge is 0.234 e. The van der Waals surface area contributed by atoms with Crippen molar-refractivity contribution in [2.75, 3.05) is 11.1 Å². The lowest BCUT2D eigenvalue weighted by molar-refractivity contribution is -0.113. The van der Waals surface area contributed by atoms with Crippen LogP contribution in [0, 0.1) is 0 Å². The number of fused-ring (bicyclic) bond motifs is 3. The first kappa shape index (κ1) is 16.5. The number of nitrogens with zero attached hydrogens (tertiary/aromatic N) is 3. The van der Waals surface area contributed by atoms with Gasteiger partial charge in [0.2, 0.25) is 11.1 Å². The molecule has 26 heavy (non-hydrogen) atoms. The molecule has 0 atom stereocenters. The van der Waals surface area contributed by atoms with Crippen LogP contribution in [-0.4, -0.2) is 31.8 Å². The van der Waals surface area contributed by atoms with Gasteiger partial charge in [0.1, 0.15) is 5.52 Å². The van der Waals surface area contributed by atoms with E-state index in [0.29, 0.717) is 10.8 Å². The van der Waals surface area contributed by atoms with Gasteiger partial charge in [-0.25, -0.2) is 4.98 Å². The topological polar surface area (TPSA) is 83.6 Å². The molecule has 130 valence electrons. The Morgan fingerprint density at radius 1 is 1.15 bits per heavy atom. The van der Waals surface area contributed by atoms with Gasteiger partial charge in [0, 0.05) is 16.6 Å². The summed E-state index contributed by atoms with van der Waals surface area (Å²) < 4.78 is 0. The van der Waals surface area contributed by atoms with E-state index in [-0.39, 0.29) is 11.7 Å². The molecule has 0 aliphatic rings. The number of aryl methyl sites for hydroxylation is 1. The second kappa shape index (κ2) is 7.13. The van der Waals surface area contributed by atoms with Crippen LogP contribution in [0.3, 0.4) is 0 Å². The molecule has 1 amide bonds. The Morgan fingerprint density at radius 2 is 2.04 bits per heavy atom. The van der Waals surface area contributed by atoms with Crippen LogP contribution in [0.1, 0.15) is 12.5 Å². The summed E-state index contributed by atoms with van der Waals surface area (Å²) in [6, 6.07) is 15.7. The summed E-state index contributed by atoms with van der Waals surface area (Å²) in [7, 11) is 0. The van der Waals surface area contributed by atoms with Crippen molar-refractivity contribution >= 4 is 45.4 Å². The number of carbonyl (C=O) groups excluding carboxylic acids is 1. The average molecular weight is 363 g/mol. The summed E-state index contributed by atoms with van der Waals surface area (Å²) >= 11 is 1.27. The SMILES string of the molecule is CCc1cccc(NC(=O)CSc2nnc3c(n2)[nH]c2ccccc23)c1. The minimum atomic E-state index is -0.0939. The fourth-order valence-electron chi connectivity index (χ4n) is 2.76. The Balaban J connectivity index is 1.45. The standard InChI is InChI=1S/C19H17N5OS/c1-2-12-6-5-7-13(10-12)20-16(25)11-26-19-22-18-17(23-24-19)14-8-3-4-9-15(14)21-18/h3-10H,2,11H2,1H3,(H,20,25)(H,21,22,24). The van der Waals surface area contributed by atoms with Crippen molar-refractivity contribution in [2.45, 2.75) is 18.5 Å². The number of aromatic nitrogens is 4. The number of rotatable bonds is 5. The minimum absolute atomic E-state index is 0.0939. The highest BCUT2D eigenvalue weighted by molar-refractivity contribution is 7.99.